The van der Waals surface area contributed by atoms with Gasteiger partial charge in [0.15, 0.2) is 11.5 Å². The second-order valence-corrected chi connectivity index (χ2v) is 10.9. The van der Waals surface area contributed by atoms with Crippen molar-refractivity contribution in [2.45, 2.75) is 79.2 Å². The van der Waals surface area contributed by atoms with Crippen LogP contribution in [0.3, 0.4) is 0 Å². The van der Waals surface area contributed by atoms with Crippen LogP contribution in [0.4, 0.5) is 0 Å². The van der Waals surface area contributed by atoms with Crippen LogP contribution in [0.5, 0.6) is 11.5 Å². The van der Waals surface area contributed by atoms with Crippen molar-refractivity contribution in [2.75, 3.05) is 13.7 Å². The van der Waals surface area contributed by atoms with Crippen LogP contribution >= 0.6 is 0 Å². The zero-order chi connectivity index (χ0) is 29.5. The van der Waals surface area contributed by atoms with Crippen LogP contribution in [0.25, 0.3) is 0 Å². The Labute approximate surface area is 239 Å². The summed E-state index contributed by atoms with van der Waals surface area (Å²) in [6.45, 7) is 10.5. The molecule has 0 aliphatic heterocycles. The van der Waals surface area contributed by atoms with E-state index in [-0.39, 0.29) is 24.1 Å². The number of esters is 1. The minimum absolute atomic E-state index is 0.00113. The summed E-state index contributed by atoms with van der Waals surface area (Å²) in [5.74, 6) is 0.487. The molecule has 0 saturated heterocycles. The van der Waals surface area contributed by atoms with Gasteiger partial charge in [0.1, 0.15) is 6.54 Å². The Morgan fingerprint density at radius 3 is 2.23 bits per heavy atom. The number of nitrogens with one attached hydrogen (secondary N) is 2. The molecule has 0 heterocycles. The highest BCUT2D eigenvalue weighted by Crippen LogP contribution is 2.28. The third-order valence-electron chi connectivity index (χ3n) is 6.41. The van der Waals surface area contributed by atoms with E-state index < -0.39 is 11.9 Å². The van der Waals surface area contributed by atoms with Gasteiger partial charge in [-0.25, -0.2) is 4.79 Å². The summed E-state index contributed by atoms with van der Waals surface area (Å²) >= 11 is 0. The van der Waals surface area contributed by atoms with Gasteiger partial charge in [-0.05, 0) is 73.3 Å². The van der Waals surface area contributed by atoms with Crippen LogP contribution in [0.2, 0.25) is 0 Å². The van der Waals surface area contributed by atoms with Crippen molar-refractivity contribution in [3.63, 3.8) is 0 Å². The molecule has 0 aliphatic carbocycles. The van der Waals surface area contributed by atoms with Gasteiger partial charge >= 0.3 is 5.97 Å². The molecule has 2 aromatic rings. The largest absolute Gasteiger partial charge is 0.493 e. The number of allylic oxidation sites excluding steroid dienone is 2. The number of hydrogen-bond donors (Lipinski definition) is 2. The lowest BCUT2D eigenvalue weighted by molar-refractivity contribution is -0.135. The molecule has 2 N–H and O–H groups in total. The molecule has 0 aliphatic rings. The van der Waals surface area contributed by atoms with Gasteiger partial charge in [-0.3, -0.25) is 9.59 Å². The van der Waals surface area contributed by atoms with E-state index in [0.717, 1.165) is 36.8 Å². The zero-order valence-electron chi connectivity index (χ0n) is 24.9. The van der Waals surface area contributed by atoms with Gasteiger partial charge in [-0.15, -0.1) is 0 Å². The van der Waals surface area contributed by atoms with E-state index in [1.54, 1.807) is 18.2 Å². The molecule has 0 saturated carbocycles. The summed E-state index contributed by atoms with van der Waals surface area (Å²) < 4.78 is 10.8. The Morgan fingerprint density at radius 2 is 1.57 bits per heavy atom. The van der Waals surface area contributed by atoms with Crippen LogP contribution in [0.15, 0.2) is 54.6 Å². The van der Waals surface area contributed by atoms with Gasteiger partial charge in [0.05, 0.1) is 13.0 Å². The third-order valence-corrected chi connectivity index (χ3v) is 6.41. The second-order valence-electron chi connectivity index (χ2n) is 10.9. The lowest BCUT2D eigenvalue weighted by Crippen LogP contribution is -2.34. The normalized spacial score (nSPS) is 12.0. The summed E-state index contributed by atoms with van der Waals surface area (Å²) in [5.41, 5.74) is 2.95. The van der Waals surface area contributed by atoms with Crippen molar-refractivity contribution >= 4 is 17.8 Å². The number of ether oxygens (including phenoxy) is 2. The van der Waals surface area contributed by atoms with Gasteiger partial charge in [0.2, 0.25) is 11.8 Å². The van der Waals surface area contributed by atoms with Gasteiger partial charge in [0.25, 0.3) is 0 Å². The number of unbranched alkanes of at least 4 members (excludes halogenated alkanes) is 2. The van der Waals surface area contributed by atoms with Crippen molar-refractivity contribution < 1.29 is 23.9 Å². The minimum atomic E-state index is -0.601. The summed E-state index contributed by atoms with van der Waals surface area (Å²) in [5, 5.41) is 5.58. The lowest BCUT2D eigenvalue weighted by atomic mass is 9.96. The fraction of sp³-hybridized carbons (Fsp3) is 0.485. The summed E-state index contributed by atoms with van der Waals surface area (Å²) in [6.07, 6.45) is 8.63. The van der Waals surface area contributed by atoms with E-state index in [0.29, 0.717) is 30.6 Å². The molecule has 0 radical (unpaired) electrons. The summed E-state index contributed by atoms with van der Waals surface area (Å²) in [7, 11) is 1.48. The maximum absolute atomic E-state index is 12.6. The molecule has 2 rings (SSSR count). The average Bonchev–Trinajstić information content (AvgIpc) is 2.92. The van der Waals surface area contributed by atoms with Gasteiger partial charge < -0.3 is 20.1 Å². The fourth-order valence-corrected chi connectivity index (χ4v) is 4.15. The molecule has 0 spiro atoms. The SMILES string of the molecule is COc1cc(CNC(=O)CCCC/C=C/C(C)C)ccc1OC(=O)CNC(=O)C(C)c1ccc(CC(C)C)cc1. The van der Waals surface area contributed by atoms with Crippen LogP contribution < -0.4 is 20.1 Å². The first-order chi connectivity index (χ1) is 19.1. The molecule has 0 bridgehead atoms. The van der Waals surface area contributed by atoms with Crippen molar-refractivity contribution in [3.8, 4) is 11.5 Å². The molecular weight excluding hydrogens is 504 g/mol. The molecule has 1 atom stereocenters. The number of carbonyl (C=O) groups is 3. The lowest BCUT2D eigenvalue weighted by Gasteiger charge is -2.14. The Bertz CT molecular complexity index is 1120. The van der Waals surface area contributed by atoms with Crippen molar-refractivity contribution in [1.29, 1.82) is 0 Å². The highest BCUT2D eigenvalue weighted by Gasteiger charge is 2.18. The van der Waals surface area contributed by atoms with Crippen LogP contribution in [0.1, 0.15) is 82.9 Å². The van der Waals surface area contributed by atoms with Gasteiger partial charge in [0, 0.05) is 13.0 Å². The van der Waals surface area contributed by atoms with Gasteiger partial charge in [-0.2, -0.15) is 0 Å². The maximum atomic E-state index is 12.6. The number of methoxy groups -OCH3 is 1. The molecule has 0 aromatic heterocycles. The third kappa shape index (κ3) is 12.1. The minimum Gasteiger partial charge on any atom is -0.493 e. The smallest absolute Gasteiger partial charge is 0.330 e. The second kappa shape index (κ2) is 17.2. The Morgan fingerprint density at radius 1 is 0.875 bits per heavy atom. The van der Waals surface area contributed by atoms with E-state index >= 15 is 0 Å². The first-order valence-corrected chi connectivity index (χ1v) is 14.3. The van der Waals surface area contributed by atoms with Gasteiger partial charge in [-0.1, -0.05) is 70.2 Å². The molecule has 7 nitrogen and oxygen atoms in total. The van der Waals surface area contributed by atoms with Crippen molar-refractivity contribution in [3.05, 3.63) is 71.3 Å². The quantitative estimate of drug-likeness (QED) is 0.114. The van der Waals surface area contributed by atoms with Crippen molar-refractivity contribution in [2.24, 2.45) is 11.8 Å². The predicted molar refractivity (Wildman–Crippen MR) is 159 cm³/mol. The van der Waals surface area contributed by atoms with Crippen LogP contribution in [-0.4, -0.2) is 31.4 Å². The summed E-state index contributed by atoms with van der Waals surface area (Å²) in [6, 6.07) is 13.1. The average molecular weight is 551 g/mol. The van der Waals surface area contributed by atoms with E-state index in [1.807, 2.05) is 31.2 Å². The monoisotopic (exact) mass is 550 g/mol. The fourth-order valence-electron chi connectivity index (χ4n) is 4.15. The predicted octanol–water partition coefficient (Wildman–Crippen LogP) is 6.11. The Kier molecular flexibility index (Phi) is 14.0. The molecular formula is C33H46N2O5. The first kappa shape index (κ1) is 32.6. The highest BCUT2D eigenvalue weighted by atomic mass is 16.6. The number of carbonyl (C=O) groups excluding carboxylic acids is 3. The number of rotatable bonds is 16. The van der Waals surface area contributed by atoms with E-state index in [4.69, 9.17) is 9.47 Å². The standard InChI is InChI=1S/C33H46N2O5/c1-23(2)11-9-7-8-10-12-31(36)34-21-27-15-18-29(30(20-27)39-6)40-32(37)22-35-33(38)25(5)28-16-13-26(14-17-28)19-24(3)4/h9,11,13-18,20,23-25H,7-8,10,12,19,21-22H2,1-6H3,(H,34,36)(H,35,38)/b11-9+. The molecule has 0 fully saturated rings. The molecule has 1 unspecified atom stereocenters. The zero-order valence-corrected chi connectivity index (χ0v) is 24.9. The molecule has 2 amide bonds. The molecule has 2 aromatic carbocycles. The molecule has 7 heteroatoms. The van der Waals surface area contributed by atoms with Crippen LogP contribution in [-0.2, 0) is 27.3 Å². The number of hydrogen-bond acceptors (Lipinski definition) is 5. The first-order valence-electron chi connectivity index (χ1n) is 14.3. The maximum Gasteiger partial charge on any atom is 0.330 e. The van der Waals surface area contributed by atoms with E-state index in [1.165, 1.54) is 12.7 Å². The number of benzene rings is 2. The number of amides is 2. The topological polar surface area (TPSA) is 93.7 Å². The molecule has 218 valence electrons. The van der Waals surface area contributed by atoms with Crippen LogP contribution in [0, 0.1) is 11.8 Å². The Balaban J connectivity index is 1.79. The van der Waals surface area contributed by atoms with E-state index in [9.17, 15) is 14.4 Å². The Hall–Kier alpha value is -3.61. The van der Waals surface area contributed by atoms with Crippen molar-refractivity contribution in [1.82, 2.24) is 10.6 Å². The molecule has 40 heavy (non-hydrogen) atoms. The summed E-state index contributed by atoms with van der Waals surface area (Å²) in [4.78, 5) is 37.2. The van der Waals surface area contributed by atoms with E-state index in [2.05, 4.69) is 50.5 Å². The highest BCUT2D eigenvalue weighted by molar-refractivity contribution is 5.87.